The molecule has 0 radical (unpaired) electrons. The summed E-state index contributed by atoms with van der Waals surface area (Å²) in [6.45, 7) is 0.337. The van der Waals surface area contributed by atoms with Gasteiger partial charge in [0, 0.05) is 18.7 Å². The zero-order valence-corrected chi connectivity index (χ0v) is 17.5. The van der Waals surface area contributed by atoms with E-state index in [0.29, 0.717) is 28.4 Å². The number of hydrogen-bond donors (Lipinski definition) is 1. The molecule has 12 heteroatoms. The van der Waals surface area contributed by atoms with Crippen LogP contribution < -0.4 is 0 Å². The van der Waals surface area contributed by atoms with Crippen molar-refractivity contribution in [3.63, 3.8) is 0 Å². The fourth-order valence-electron chi connectivity index (χ4n) is 3.83. The van der Waals surface area contributed by atoms with Gasteiger partial charge in [0.05, 0.1) is 22.9 Å². The number of nitrogens with zero attached hydrogens (tertiary/aromatic N) is 6. The number of carbonyl (C=O) groups is 1. The molecule has 0 saturated carbocycles. The predicted octanol–water partition coefficient (Wildman–Crippen LogP) is 3.53. The summed E-state index contributed by atoms with van der Waals surface area (Å²) in [7, 11) is 0. The van der Waals surface area contributed by atoms with Gasteiger partial charge in [-0.05, 0) is 24.3 Å². The first kappa shape index (κ1) is 19.6. The van der Waals surface area contributed by atoms with Crippen molar-refractivity contribution in [3.8, 4) is 11.6 Å². The molecule has 1 atom stereocenters. The molecule has 9 nitrogen and oxygen atoms in total. The number of aromatic amines is 1. The fraction of sp³-hybridized carbons (Fsp3) is 0.143. The average Bonchev–Trinajstić information content (AvgIpc) is 3.57. The van der Waals surface area contributed by atoms with E-state index in [1.807, 2.05) is 0 Å². The lowest BCUT2D eigenvalue weighted by atomic mass is 10.0. The Morgan fingerprint density at radius 1 is 1.18 bits per heavy atom. The molecule has 33 heavy (non-hydrogen) atoms. The molecule has 0 saturated heterocycles. The lowest BCUT2D eigenvalue weighted by Gasteiger charge is -2.32. The Morgan fingerprint density at radius 2 is 2.09 bits per heavy atom. The van der Waals surface area contributed by atoms with Gasteiger partial charge in [0.2, 0.25) is 0 Å². The molecule has 0 unspecified atom stereocenters. The molecule has 0 bridgehead atoms. The van der Waals surface area contributed by atoms with Gasteiger partial charge in [0.15, 0.2) is 0 Å². The first-order chi connectivity index (χ1) is 16.1. The molecule has 0 spiro atoms. The van der Waals surface area contributed by atoms with E-state index in [0.717, 1.165) is 11.9 Å². The smallest absolute Gasteiger partial charge is 0.312 e. The first-order valence-corrected chi connectivity index (χ1v) is 10.7. The highest BCUT2D eigenvalue weighted by Crippen LogP contribution is 2.38. The van der Waals surface area contributed by atoms with Gasteiger partial charge in [0.1, 0.15) is 33.9 Å². The number of H-pyrrole nitrogens is 1. The van der Waals surface area contributed by atoms with Crippen LogP contribution >= 0.6 is 11.3 Å². The van der Waals surface area contributed by atoms with Gasteiger partial charge in [-0.25, -0.2) is 23.7 Å². The maximum absolute atomic E-state index is 14.3. The quantitative estimate of drug-likeness (QED) is 0.434. The number of rotatable bonds is 3. The van der Waals surface area contributed by atoms with Crippen molar-refractivity contribution in [1.29, 1.82) is 0 Å². The van der Waals surface area contributed by atoms with Gasteiger partial charge in [-0.15, -0.1) is 21.5 Å². The molecule has 1 aromatic carbocycles. The molecule has 1 N–H and O–H groups in total. The molecule has 4 aromatic heterocycles. The van der Waals surface area contributed by atoms with Crippen LogP contribution in [0.25, 0.3) is 21.8 Å². The number of imidazole rings is 1. The highest BCUT2D eigenvalue weighted by molar-refractivity contribution is 7.18. The standard InChI is InChI=1S/C21H13F2N7O2S/c22-10-4-5-13(24-8-10)18-28-29-19(32-18)21(31)30-7-6-12-16(26-9-25-12)17(30)20-27-15-11(23)2-1-3-14(15)33-20/h1-5,8-9,17H,6-7H2,(H,25,26)/t17-/m0/s1. The molecular formula is C21H13F2N7O2S. The van der Waals surface area contributed by atoms with Crippen LogP contribution in [-0.2, 0) is 6.42 Å². The summed E-state index contributed by atoms with van der Waals surface area (Å²) in [6, 6.07) is 6.68. The summed E-state index contributed by atoms with van der Waals surface area (Å²) in [5, 5.41) is 8.27. The molecule has 1 aliphatic heterocycles. The normalized spacial score (nSPS) is 15.7. The molecule has 1 amide bonds. The second-order valence-corrected chi connectivity index (χ2v) is 8.39. The maximum Gasteiger partial charge on any atom is 0.312 e. The van der Waals surface area contributed by atoms with E-state index in [1.165, 1.54) is 34.4 Å². The zero-order valence-electron chi connectivity index (χ0n) is 16.7. The van der Waals surface area contributed by atoms with Crippen LogP contribution in [0.1, 0.15) is 33.1 Å². The molecule has 1 aliphatic rings. The Hall–Kier alpha value is -4.06. The van der Waals surface area contributed by atoms with Crippen molar-refractivity contribution in [1.82, 2.24) is 35.0 Å². The van der Waals surface area contributed by atoms with Crippen LogP contribution in [0, 0.1) is 11.6 Å². The van der Waals surface area contributed by atoms with Crippen LogP contribution in [-0.4, -0.2) is 47.5 Å². The summed E-state index contributed by atoms with van der Waals surface area (Å²) in [5.41, 5.74) is 2.00. The number of pyridine rings is 1. The van der Waals surface area contributed by atoms with Crippen molar-refractivity contribution in [2.24, 2.45) is 0 Å². The summed E-state index contributed by atoms with van der Waals surface area (Å²) in [5.74, 6) is -1.71. The number of carbonyl (C=O) groups excluding carboxylic acids is 1. The van der Waals surface area contributed by atoms with Crippen LogP contribution in [0.15, 0.2) is 47.3 Å². The predicted molar refractivity (Wildman–Crippen MR) is 112 cm³/mol. The summed E-state index contributed by atoms with van der Waals surface area (Å²) >= 11 is 1.29. The fourth-order valence-corrected chi connectivity index (χ4v) is 4.93. The number of para-hydroxylation sites is 1. The number of hydrogen-bond acceptors (Lipinski definition) is 8. The lowest BCUT2D eigenvalue weighted by Crippen LogP contribution is -2.41. The molecule has 0 fully saturated rings. The van der Waals surface area contributed by atoms with Gasteiger partial charge >= 0.3 is 11.8 Å². The first-order valence-electron chi connectivity index (χ1n) is 9.92. The van der Waals surface area contributed by atoms with E-state index in [4.69, 9.17) is 4.42 Å². The Balaban J connectivity index is 1.40. The third kappa shape index (κ3) is 3.26. The molecular weight excluding hydrogens is 452 g/mol. The van der Waals surface area contributed by atoms with E-state index >= 15 is 0 Å². The van der Waals surface area contributed by atoms with Crippen LogP contribution in [0.3, 0.4) is 0 Å². The van der Waals surface area contributed by atoms with Gasteiger partial charge in [0.25, 0.3) is 5.89 Å². The van der Waals surface area contributed by atoms with Gasteiger partial charge < -0.3 is 14.3 Å². The van der Waals surface area contributed by atoms with Crippen molar-refractivity contribution < 1.29 is 18.0 Å². The number of thiazole rings is 1. The van der Waals surface area contributed by atoms with E-state index in [9.17, 15) is 13.6 Å². The highest BCUT2D eigenvalue weighted by Gasteiger charge is 2.38. The summed E-state index contributed by atoms with van der Waals surface area (Å²) in [4.78, 5) is 30.8. The Kier molecular flexibility index (Phi) is 4.47. The largest absolute Gasteiger partial charge is 0.411 e. The van der Waals surface area contributed by atoms with E-state index < -0.39 is 23.6 Å². The summed E-state index contributed by atoms with van der Waals surface area (Å²) < 4.78 is 33.7. The Labute approximate surface area is 188 Å². The topological polar surface area (TPSA) is 114 Å². The maximum atomic E-state index is 14.3. The minimum atomic E-state index is -0.649. The molecule has 6 rings (SSSR count). The van der Waals surface area contributed by atoms with Crippen LogP contribution in [0.2, 0.25) is 0 Å². The highest BCUT2D eigenvalue weighted by atomic mass is 32.1. The minimum Gasteiger partial charge on any atom is -0.411 e. The monoisotopic (exact) mass is 465 g/mol. The third-order valence-corrected chi connectivity index (χ3v) is 6.43. The van der Waals surface area contributed by atoms with E-state index in [1.54, 1.807) is 18.5 Å². The van der Waals surface area contributed by atoms with E-state index in [-0.39, 0.29) is 23.0 Å². The second-order valence-electron chi connectivity index (χ2n) is 7.33. The van der Waals surface area contributed by atoms with Crippen molar-refractivity contribution >= 4 is 27.5 Å². The Bertz CT molecular complexity index is 1490. The lowest BCUT2D eigenvalue weighted by molar-refractivity contribution is 0.0650. The Morgan fingerprint density at radius 3 is 2.91 bits per heavy atom. The minimum absolute atomic E-state index is 0.00516. The van der Waals surface area contributed by atoms with Crippen LogP contribution in [0.5, 0.6) is 0 Å². The molecule has 0 aliphatic carbocycles. The van der Waals surface area contributed by atoms with Crippen LogP contribution in [0.4, 0.5) is 8.78 Å². The molecule has 164 valence electrons. The van der Waals surface area contributed by atoms with Gasteiger partial charge in [-0.1, -0.05) is 6.07 Å². The number of aromatic nitrogens is 6. The number of nitrogens with one attached hydrogen (secondary N) is 1. The number of halogens is 2. The number of fused-ring (bicyclic) bond motifs is 2. The van der Waals surface area contributed by atoms with Crippen molar-refractivity contribution in [3.05, 3.63) is 76.8 Å². The zero-order chi connectivity index (χ0) is 22.5. The van der Waals surface area contributed by atoms with Gasteiger partial charge in [-0.2, -0.15) is 0 Å². The van der Waals surface area contributed by atoms with Gasteiger partial charge in [-0.3, -0.25) is 4.79 Å². The average molecular weight is 465 g/mol. The number of benzene rings is 1. The molecule has 5 heterocycles. The van der Waals surface area contributed by atoms with Crippen molar-refractivity contribution in [2.45, 2.75) is 12.5 Å². The van der Waals surface area contributed by atoms with Crippen molar-refractivity contribution in [2.75, 3.05) is 6.54 Å². The SMILES string of the molecule is O=C(c1nnc(-c2ccc(F)cn2)o1)N1CCc2[nH]cnc2[C@H]1c1nc2c(F)cccc2s1. The number of amides is 1. The third-order valence-electron chi connectivity index (χ3n) is 5.36. The van der Waals surface area contributed by atoms with E-state index in [2.05, 4.69) is 30.1 Å². The summed E-state index contributed by atoms with van der Waals surface area (Å²) in [6.07, 6.45) is 3.12. The molecule has 5 aromatic rings. The second kappa shape index (κ2) is 7.52.